The van der Waals surface area contributed by atoms with Gasteiger partial charge in [-0.15, -0.1) is 0 Å². The number of nitrogens with zero attached hydrogens (tertiary/aromatic N) is 3. The van der Waals surface area contributed by atoms with Gasteiger partial charge in [0.1, 0.15) is 17.4 Å². The van der Waals surface area contributed by atoms with Crippen molar-refractivity contribution in [3.8, 4) is 11.8 Å². The number of pyridine rings is 1. The fourth-order valence-electron chi connectivity index (χ4n) is 2.39. The minimum Gasteiger partial charge on any atom is -0.495 e. The summed E-state index contributed by atoms with van der Waals surface area (Å²) in [5, 5.41) is 12.1. The fourth-order valence-corrected chi connectivity index (χ4v) is 2.39. The number of para-hydroxylation sites is 2. The van der Waals surface area contributed by atoms with E-state index in [1.165, 1.54) is 7.11 Å². The van der Waals surface area contributed by atoms with Gasteiger partial charge in [-0.05, 0) is 43.2 Å². The molecule has 2 rings (SSSR count). The van der Waals surface area contributed by atoms with Gasteiger partial charge in [-0.1, -0.05) is 12.1 Å². The summed E-state index contributed by atoms with van der Waals surface area (Å²) < 4.78 is 5.22. The molecule has 1 aromatic carbocycles. The van der Waals surface area contributed by atoms with Crippen LogP contribution in [0.25, 0.3) is 0 Å². The first-order chi connectivity index (χ1) is 12.7. The third-order valence-electron chi connectivity index (χ3n) is 3.88. The lowest BCUT2D eigenvalue weighted by molar-refractivity contribution is -0.112. The van der Waals surface area contributed by atoms with Crippen LogP contribution in [0.4, 0.5) is 5.69 Å². The SMILES string of the molecule is CCN(/C=C(/C#N)C(=O)Nc1ccccc1OC)CCc1ccncc1. The first-order valence-electron chi connectivity index (χ1n) is 8.37. The summed E-state index contributed by atoms with van der Waals surface area (Å²) in [6.07, 6.45) is 5.91. The Bertz CT molecular complexity index is 797. The van der Waals surface area contributed by atoms with Crippen molar-refractivity contribution in [3.63, 3.8) is 0 Å². The second-order valence-corrected chi connectivity index (χ2v) is 5.54. The average molecular weight is 350 g/mol. The standard InChI is InChI=1S/C20H22N4O2/c1-3-24(13-10-16-8-11-22-12-9-16)15-17(14-21)20(25)23-18-6-4-5-7-19(18)26-2/h4-9,11-12,15H,3,10,13H2,1-2H3,(H,23,25)/b17-15-. The molecule has 6 nitrogen and oxygen atoms in total. The number of amides is 1. The molecule has 1 N–H and O–H groups in total. The number of nitriles is 1. The quantitative estimate of drug-likeness (QED) is 0.585. The predicted molar refractivity (Wildman–Crippen MR) is 101 cm³/mol. The largest absolute Gasteiger partial charge is 0.495 e. The number of hydrogen-bond acceptors (Lipinski definition) is 5. The number of anilines is 1. The molecule has 0 radical (unpaired) electrons. The molecule has 1 amide bonds. The van der Waals surface area contributed by atoms with Gasteiger partial charge < -0.3 is 15.0 Å². The van der Waals surface area contributed by atoms with Gasteiger partial charge in [0.15, 0.2) is 0 Å². The monoisotopic (exact) mass is 350 g/mol. The van der Waals surface area contributed by atoms with E-state index in [1.807, 2.05) is 36.1 Å². The van der Waals surface area contributed by atoms with Gasteiger partial charge in [0.05, 0.1) is 12.8 Å². The normalized spacial score (nSPS) is 10.7. The van der Waals surface area contributed by atoms with Gasteiger partial charge >= 0.3 is 0 Å². The van der Waals surface area contributed by atoms with Crippen LogP contribution in [0.5, 0.6) is 5.75 Å². The molecule has 2 aromatic rings. The molecule has 0 aliphatic rings. The van der Waals surface area contributed by atoms with Crippen molar-refractivity contribution in [2.45, 2.75) is 13.3 Å². The number of hydrogen-bond donors (Lipinski definition) is 1. The topological polar surface area (TPSA) is 78.2 Å². The molecule has 0 atom stereocenters. The number of carbonyl (C=O) groups is 1. The third-order valence-corrected chi connectivity index (χ3v) is 3.88. The summed E-state index contributed by atoms with van der Waals surface area (Å²) >= 11 is 0. The lowest BCUT2D eigenvalue weighted by Gasteiger charge is -2.19. The Hall–Kier alpha value is -3.33. The van der Waals surface area contributed by atoms with E-state index in [-0.39, 0.29) is 5.57 Å². The number of rotatable bonds is 8. The maximum Gasteiger partial charge on any atom is 0.267 e. The number of aromatic nitrogens is 1. The zero-order chi connectivity index (χ0) is 18.8. The van der Waals surface area contributed by atoms with Crippen molar-refractivity contribution in [3.05, 3.63) is 66.1 Å². The molecular formula is C20H22N4O2. The van der Waals surface area contributed by atoms with Crippen molar-refractivity contribution in [1.29, 1.82) is 5.26 Å². The Labute approximate surface area is 153 Å². The molecule has 0 saturated heterocycles. The molecule has 0 aliphatic heterocycles. The van der Waals surface area contributed by atoms with Crippen molar-refractivity contribution in [1.82, 2.24) is 9.88 Å². The molecule has 0 fully saturated rings. The number of nitrogens with one attached hydrogen (secondary N) is 1. The third kappa shape index (κ3) is 5.35. The van der Waals surface area contributed by atoms with Crippen LogP contribution >= 0.6 is 0 Å². The number of methoxy groups -OCH3 is 1. The van der Waals surface area contributed by atoms with E-state index in [9.17, 15) is 10.1 Å². The van der Waals surface area contributed by atoms with Crippen molar-refractivity contribution in [2.75, 3.05) is 25.5 Å². The van der Waals surface area contributed by atoms with Gasteiger partial charge in [0.25, 0.3) is 5.91 Å². The molecule has 1 heterocycles. The van der Waals surface area contributed by atoms with Crippen LogP contribution in [-0.2, 0) is 11.2 Å². The van der Waals surface area contributed by atoms with Crippen molar-refractivity contribution < 1.29 is 9.53 Å². The lowest BCUT2D eigenvalue weighted by atomic mass is 10.2. The molecule has 1 aromatic heterocycles. The predicted octanol–water partition coefficient (Wildman–Crippen LogP) is 3.00. The van der Waals surface area contributed by atoms with E-state index < -0.39 is 5.91 Å². The summed E-state index contributed by atoms with van der Waals surface area (Å²) in [7, 11) is 1.53. The zero-order valence-electron chi connectivity index (χ0n) is 15.0. The van der Waals surface area contributed by atoms with Crippen LogP contribution in [0.2, 0.25) is 0 Å². The number of benzene rings is 1. The first-order valence-corrected chi connectivity index (χ1v) is 8.37. The van der Waals surface area contributed by atoms with Gasteiger partial charge in [-0.2, -0.15) is 5.26 Å². The second kappa shape index (κ2) is 9.84. The summed E-state index contributed by atoms with van der Waals surface area (Å²) in [5.74, 6) is 0.0857. The van der Waals surface area contributed by atoms with E-state index in [0.29, 0.717) is 24.5 Å². The highest BCUT2D eigenvalue weighted by atomic mass is 16.5. The molecule has 134 valence electrons. The molecule has 0 bridgehead atoms. The van der Waals surface area contributed by atoms with E-state index in [2.05, 4.69) is 10.3 Å². The van der Waals surface area contributed by atoms with E-state index in [0.717, 1.165) is 12.0 Å². The van der Waals surface area contributed by atoms with Gasteiger partial charge in [0.2, 0.25) is 0 Å². The molecule has 26 heavy (non-hydrogen) atoms. The van der Waals surface area contributed by atoms with Gasteiger partial charge in [-0.3, -0.25) is 9.78 Å². The summed E-state index contributed by atoms with van der Waals surface area (Å²) in [6.45, 7) is 3.38. The zero-order valence-corrected chi connectivity index (χ0v) is 15.0. The van der Waals surface area contributed by atoms with Crippen LogP contribution in [0.3, 0.4) is 0 Å². The fraction of sp³-hybridized carbons (Fsp3) is 0.250. The number of likely N-dealkylation sites (N-methyl/N-ethyl adjacent to an activating group) is 1. The summed E-state index contributed by atoms with van der Waals surface area (Å²) in [6, 6.07) is 13.0. The molecule has 6 heteroatoms. The smallest absolute Gasteiger partial charge is 0.267 e. The van der Waals surface area contributed by atoms with Crippen LogP contribution in [0.1, 0.15) is 12.5 Å². The van der Waals surface area contributed by atoms with Crippen molar-refractivity contribution >= 4 is 11.6 Å². The van der Waals surface area contributed by atoms with Gasteiger partial charge in [0, 0.05) is 31.7 Å². The van der Waals surface area contributed by atoms with E-state index >= 15 is 0 Å². The molecular weight excluding hydrogens is 328 g/mol. The van der Waals surface area contributed by atoms with E-state index in [1.54, 1.807) is 36.8 Å². The molecule has 0 unspecified atom stereocenters. The molecule has 0 spiro atoms. The maximum absolute atomic E-state index is 12.4. The average Bonchev–Trinajstić information content (AvgIpc) is 2.69. The Balaban J connectivity index is 2.06. The van der Waals surface area contributed by atoms with Crippen LogP contribution < -0.4 is 10.1 Å². The minimum absolute atomic E-state index is 0.0486. The van der Waals surface area contributed by atoms with Crippen LogP contribution in [0, 0.1) is 11.3 Å². The summed E-state index contributed by atoms with van der Waals surface area (Å²) in [5.41, 5.74) is 1.73. The van der Waals surface area contributed by atoms with Gasteiger partial charge in [-0.25, -0.2) is 0 Å². The maximum atomic E-state index is 12.4. The highest BCUT2D eigenvalue weighted by molar-refractivity contribution is 6.07. The van der Waals surface area contributed by atoms with Crippen molar-refractivity contribution in [2.24, 2.45) is 0 Å². The molecule has 0 aliphatic carbocycles. The van der Waals surface area contributed by atoms with Crippen LogP contribution in [0.15, 0.2) is 60.6 Å². The summed E-state index contributed by atoms with van der Waals surface area (Å²) in [4.78, 5) is 18.4. The number of ether oxygens (including phenoxy) is 1. The highest BCUT2D eigenvalue weighted by Gasteiger charge is 2.13. The second-order valence-electron chi connectivity index (χ2n) is 5.54. The highest BCUT2D eigenvalue weighted by Crippen LogP contribution is 2.23. The Morgan fingerprint density at radius 2 is 2.04 bits per heavy atom. The molecule has 0 saturated carbocycles. The Kier molecular flexibility index (Phi) is 7.19. The number of carbonyl (C=O) groups excluding carboxylic acids is 1. The Morgan fingerprint density at radius 3 is 2.69 bits per heavy atom. The van der Waals surface area contributed by atoms with E-state index in [4.69, 9.17) is 4.74 Å². The van der Waals surface area contributed by atoms with Crippen LogP contribution in [-0.4, -0.2) is 36.0 Å². The minimum atomic E-state index is -0.459. The lowest BCUT2D eigenvalue weighted by Crippen LogP contribution is -2.23. The Morgan fingerprint density at radius 1 is 1.31 bits per heavy atom. The first kappa shape index (κ1) is 19.0.